The Balaban J connectivity index is 0.000000173. The first-order valence-corrected chi connectivity index (χ1v) is 33.4. The molecule has 0 radical (unpaired) electrons. The predicted molar refractivity (Wildman–Crippen MR) is 322 cm³/mol. The lowest BCUT2D eigenvalue weighted by molar-refractivity contribution is -0.432. The van der Waals surface area contributed by atoms with Gasteiger partial charge < -0.3 is 19.2 Å². The lowest BCUT2D eigenvalue weighted by atomic mass is 10.3. The van der Waals surface area contributed by atoms with E-state index < -0.39 is 29.6 Å². The molecule has 380 valence electrons. The van der Waals surface area contributed by atoms with Crippen molar-refractivity contribution in [1.29, 1.82) is 0 Å². The molecule has 0 bridgehead atoms. The number of hydrogen-bond acceptors (Lipinski definition) is 4. The topological polar surface area (TPSA) is 86.2 Å². The molecule has 74 heavy (non-hydrogen) atoms. The molecule has 0 saturated heterocycles. The van der Waals surface area contributed by atoms with Crippen molar-refractivity contribution >= 4 is 77.4 Å². The van der Waals surface area contributed by atoms with Gasteiger partial charge in [-0.15, -0.1) is 0 Å². The Morgan fingerprint density at radius 3 is 0.459 bits per heavy atom. The number of phosphoric acid groups is 1. The van der Waals surface area contributed by atoms with Crippen LogP contribution < -0.4 is 62.4 Å². The van der Waals surface area contributed by atoms with E-state index >= 15 is 0 Å². The number of benzene rings is 9. The highest BCUT2D eigenvalue weighted by molar-refractivity contribution is 7.96. The van der Waals surface area contributed by atoms with Crippen molar-refractivity contribution in [2.24, 2.45) is 0 Å². The van der Waals surface area contributed by atoms with Crippen LogP contribution in [0.15, 0.2) is 273 Å². The van der Waals surface area contributed by atoms with E-state index in [0.717, 1.165) is 0 Å². The van der Waals surface area contributed by atoms with Crippen LogP contribution in [0, 0.1) is 0 Å². The van der Waals surface area contributed by atoms with E-state index in [1.165, 1.54) is 105 Å². The molecule has 9 rings (SSSR count). The highest BCUT2D eigenvalue weighted by Gasteiger charge is 2.46. The number of unbranched alkanes of at least 4 members (excludes halogenated alkanes) is 3. The average Bonchev–Trinajstić information content (AvgIpc) is 3.47. The van der Waals surface area contributed by atoms with Crippen molar-refractivity contribution in [3.63, 3.8) is 0 Å². The minimum Gasteiger partial charge on any atom is -0.822 e. The second kappa shape index (κ2) is 30.1. The summed E-state index contributed by atoms with van der Waals surface area (Å²) in [5, 5.41) is 13.4. The Hall–Kier alpha value is -5.62. The number of hydrogen-bond donors (Lipinski definition) is 0. The maximum absolute atomic E-state index is 8.55. The van der Waals surface area contributed by atoms with E-state index in [2.05, 4.69) is 294 Å². The normalized spacial score (nSPS) is 11.4. The summed E-state index contributed by atoms with van der Waals surface area (Å²) in [4.78, 5) is 25.6. The molecule has 0 aromatic heterocycles. The minimum absolute atomic E-state index is 1.23. The lowest BCUT2D eigenvalue weighted by Gasteiger charge is -2.36. The molecule has 0 unspecified atom stereocenters. The van der Waals surface area contributed by atoms with E-state index in [0.29, 0.717) is 0 Å². The van der Waals surface area contributed by atoms with Gasteiger partial charge in [-0.05, 0) is 128 Å². The average molecular weight is 1050 g/mol. The van der Waals surface area contributed by atoms with Crippen LogP contribution in [0.4, 0.5) is 0 Å². The zero-order valence-electron chi connectivity index (χ0n) is 43.3. The fourth-order valence-corrected chi connectivity index (χ4v) is 23.3. The Morgan fingerprint density at radius 1 is 0.257 bits per heavy atom. The summed E-state index contributed by atoms with van der Waals surface area (Å²) in [5.74, 6) is 0. The fourth-order valence-electron chi connectivity index (χ4n) is 9.83. The summed E-state index contributed by atoms with van der Waals surface area (Å²) in [6.07, 6.45) is 11.2. The van der Waals surface area contributed by atoms with Gasteiger partial charge in [0.1, 0.15) is 69.5 Å². The van der Waals surface area contributed by atoms with Gasteiger partial charge in [0, 0.05) is 0 Å². The Labute approximate surface area is 444 Å². The van der Waals surface area contributed by atoms with Crippen LogP contribution in [0.1, 0.15) is 59.3 Å². The van der Waals surface area contributed by atoms with Gasteiger partial charge in [-0.3, -0.25) is 0 Å². The second-order valence-corrected chi connectivity index (χ2v) is 29.9. The van der Waals surface area contributed by atoms with Crippen LogP contribution >= 0.6 is 29.6 Å². The van der Waals surface area contributed by atoms with Gasteiger partial charge in [-0.2, -0.15) is 7.82 Å². The Kier molecular flexibility index (Phi) is 23.4. The van der Waals surface area contributed by atoms with Crippen LogP contribution in [0.3, 0.4) is 0 Å². The van der Waals surface area contributed by atoms with Crippen LogP contribution in [0.5, 0.6) is 0 Å². The molecule has 0 amide bonds. The lowest BCUT2D eigenvalue weighted by Crippen LogP contribution is -2.33. The standard InChI is InChI=1S/3C22H24P.H3O4P/c3*1-2-3-19-23(20-13-7-4-8-14-20,21-15-9-5-10-16-21)22-17-11-6-12-18-22;1-5(2,3)4/h3*4-18H,2-3,19H2,1H3;(H3,1,2,3,4)/q3*+1;/p-3. The first-order valence-electron chi connectivity index (χ1n) is 26.0. The molecule has 9 aromatic carbocycles. The fraction of sp³-hybridized carbons (Fsp3) is 0.182. The van der Waals surface area contributed by atoms with E-state index in [1.54, 1.807) is 0 Å². The molecular formula is C66H72O4P4. The summed E-state index contributed by atoms with van der Waals surface area (Å²) >= 11 is 0. The van der Waals surface area contributed by atoms with Gasteiger partial charge in [-0.25, -0.2) is 0 Å². The smallest absolute Gasteiger partial charge is 0.112 e. The molecule has 9 aromatic rings. The molecule has 0 spiro atoms. The Bertz CT molecular complexity index is 2320. The molecule has 8 heteroatoms. The monoisotopic (exact) mass is 1050 g/mol. The van der Waals surface area contributed by atoms with Crippen molar-refractivity contribution in [3.8, 4) is 0 Å². The van der Waals surface area contributed by atoms with E-state index in [-0.39, 0.29) is 0 Å². The van der Waals surface area contributed by atoms with Crippen LogP contribution in [0.2, 0.25) is 0 Å². The van der Waals surface area contributed by atoms with Crippen molar-refractivity contribution in [2.75, 3.05) is 18.5 Å². The number of rotatable bonds is 18. The van der Waals surface area contributed by atoms with Crippen LogP contribution in [-0.2, 0) is 4.57 Å². The predicted octanol–water partition coefficient (Wildman–Crippen LogP) is 11.5. The van der Waals surface area contributed by atoms with Gasteiger partial charge in [0.05, 0.1) is 18.5 Å². The third-order valence-electron chi connectivity index (χ3n) is 13.3. The highest BCUT2D eigenvalue weighted by atomic mass is 31.2. The zero-order valence-corrected chi connectivity index (χ0v) is 46.8. The summed E-state index contributed by atoms with van der Waals surface area (Å²) in [5.41, 5.74) is 0. The first kappa shape index (κ1) is 57.7. The Morgan fingerprint density at radius 2 is 0.365 bits per heavy atom. The van der Waals surface area contributed by atoms with E-state index in [1.807, 2.05) is 0 Å². The summed E-state index contributed by atoms with van der Waals surface area (Å²) in [6, 6.07) is 100. The SMILES string of the molecule is CCCC[P+](c1ccccc1)(c1ccccc1)c1ccccc1.CCCC[P+](c1ccccc1)(c1ccccc1)c1ccccc1.CCCC[P+](c1ccccc1)(c1ccccc1)c1ccccc1.O=P([O-])([O-])[O-]. The summed E-state index contributed by atoms with van der Waals surface area (Å²) < 4.78 is 8.55. The van der Waals surface area contributed by atoms with Gasteiger partial charge >= 0.3 is 0 Å². The van der Waals surface area contributed by atoms with Gasteiger partial charge in [-0.1, -0.05) is 204 Å². The third-order valence-corrected chi connectivity index (χ3v) is 26.9. The molecular weight excluding hydrogens is 981 g/mol. The maximum Gasteiger partial charge on any atom is 0.112 e. The molecule has 0 saturated carbocycles. The summed E-state index contributed by atoms with van der Waals surface area (Å²) in [7, 11) is -10.1. The molecule has 0 fully saturated rings. The largest absolute Gasteiger partial charge is 0.822 e. The van der Waals surface area contributed by atoms with Crippen LogP contribution in [-0.4, -0.2) is 18.5 Å². The van der Waals surface area contributed by atoms with Crippen LogP contribution in [0.25, 0.3) is 0 Å². The first-order chi connectivity index (χ1) is 36.1. The van der Waals surface area contributed by atoms with Crippen molar-refractivity contribution in [1.82, 2.24) is 0 Å². The minimum atomic E-state index is -5.39. The zero-order chi connectivity index (χ0) is 52.4. The summed E-state index contributed by atoms with van der Waals surface area (Å²) in [6.45, 7) is 6.86. The molecule has 0 aliphatic heterocycles. The van der Waals surface area contributed by atoms with Gasteiger partial charge in [0.15, 0.2) is 0 Å². The third kappa shape index (κ3) is 15.5. The van der Waals surface area contributed by atoms with Gasteiger partial charge in [0.2, 0.25) is 0 Å². The molecule has 0 atom stereocenters. The molecule has 0 N–H and O–H groups in total. The quantitative estimate of drug-likeness (QED) is 0.0801. The van der Waals surface area contributed by atoms with Crippen molar-refractivity contribution in [3.05, 3.63) is 273 Å². The van der Waals surface area contributed by atoms with E-state index in [4.69, 9.17) is 19.2 Å². The molecule has 4 nitrogen and oxygen atoms in total. The maximum atomic E-state index is 8.55. The van der Waals surface area contributed by atoms with E-state index in [9.17, 15) is 0 Å². The molecule has 0 aliphatic carbocycles. The molecule has 0 aliphatic rings. The highest BCUT2D eigenvalue weighted by Crippen LogP contribution is 2.58. The van der Waals surface area contributed by atoms with Gasteiger partial charge in [0.25, 0.3) is 0 Å². The molecule has 0 heterocycles. The van der Waals surface area contributed by atoms with Crippen molar-refractivity contribution in [2.45, 2.75) is 59.3 Å². The second-order valence-electron chi connectivity index (χ2n) is 18.1. The van der Waals surface area contributed by atoms with Crippen molar-refractivity contribution < 1.29 is 19.2 Å².